The summed E-state index contributed by atoms with van der Waals surface area (Å²) in [5.41, 5.74) is 6.26. The fourth-order valence-corrected chi connectivity index (χ4v) is 5.71. The summed E-state index contributed by atoms with van der Waals surface area (Å²) in [6.45, 7) is 6.07. The fourth-order valence-electron chi connectivity index (χ4n) is 5.71. The van der Waals surface area contributed by atoms with Crippen LogP contribution in [0.25, 0.3) is 44.6 Å². The standard InChI is InChI=1S/C29H32N8O/c1-2-12-37(13-3-1)29-22-17-26(32-24(22)8-9-31-29)28-27-25(34-35-28)7-6-23(33-27)20-16-21(19-30-18-20)38-15-14-36-10-4-5-11-36/h6-9,16-19,32H,1-5,10-15H2,(H,34,35). The van der Waals surface area contributed by atoms with Crippen molar-refractivity contribution >= 4 is 27.8 Å². The first-order chi connectivity index (χ1) is 18.8. The van der Waals surface area contributed by atoms with Gasteiger partial charge in [0.25, 0.3) is 0 Å². The van der Waals surface area contributed by atoms with E-state index in [1.54, 1.807) is 6.20 Å². The molecule has 0 aromatic carbocycles. The van der Waals surface area contributed by atoms with Crippen molar-refractivity contribution in [2.24, 2.45) is 0 Å². The fraction of sp³-hybridized carbons (Fsp3) is 0.379. The van der Waals surface area contributed by atoms with Crippen molar-refractivity contribution in [2.75, 3.05) is 44.2 Å². The average Bonchev–Trinajstić information content (AvgIpc) is 3.73. The van der Waals surface area contributed by atoms with Crippen molar-refractivity contribution in [3.8, 4) is 28.4 Å². The molecular weight excluding hydrogens is 476 g/mol. The Morgan fingerprint density at radius 3 is 2.66 bits per heavy atom. The third-order valence-corrected chi connectivity index (χ3v) is 7.73. The highest BCUT2D eigenvalue weighted by Crippen LogP contribution is 2.33. The van der Waals surface area contributed by atoms with Crippen molar-refractivity contribution in [3.63, 3.8) is 0 Å². The zero-order valence-electron chi connectivity index (χ0n) is 21.5. The normalized spacial score (nSPS) is 16.6. The minimum absolute atomic E-state index is 0.665. The third-order valence-electron chi connectivity index (χ3n) is 7.73. The van der Waals surface area contributed by atoms with Gasteiger partial charge in [0, 0.05) is 43.0 Å². The Bertz CT molecular complexity index is 1560. The first kappa shape index (κ1) is 23.2. The van der Waals surface area contributed by atoms with Crippen molar-refractivity contribution in [1.29, 1.82) is 0 Å². The Labute approximate surface area is 221 Å². The second-order valence-corrected chi connectivity index (χ2v) is 10.3. The van der Waals surface area contributed by atoms with Crippen molar-refractivity contribution in [3.05, 3.63) is 48.9 Å². The molecule has 9 nitrogen and oxygen atoms in total. The molecule has 194 valence electrons. The van der Waals surface area contributed by atoms with Gasteiger partial charge in [0.05, 0.1) is 28.6 Å². The number of fused-ring (bicyclic) bond motifs is 2. The van der Waals surface area contributed by atoms with Gasteiger partial charge in [0.1, 0.15) is 29.4 Å². The number of H-pyrrole nitrogens is 2. The Hall–Kier alpha value is -3.98. The zero-order chi connectivity index (χ0) is 25.3. The third kappa shape index (κ3) is 4.47. The molecular formula is C29H32N8O. The number of anilines is 1. The Morgan fingerprint density at radius 1 is 0.895 bits per heavy atom. The summed E-state index contributed by atoms with van der Waals surface area (Å²) in [7, 11) is 0. The molecule has 2 saturated heterocycles. The second kappa shape index (κ2) is 10.1. The summed E-state index contributed by atoms with van der Waals surface area (Å²) >= 11 is 0. The Morgan fingerprint density at radius 2 is 1.76 bits per heavy atom. The Balaban J connectivity index is 1.18. The monoisotopic (exact) mass is 508 g/mol. The lowest BCUT2D eigenvalue weighted by Crippen LogP contribution is -2.30. The van der Waals surface area contributed by atoms with Gasteiger partial charge in [-0.2, -0.15) is 5.10 Å². The summed E-state index contributed by atoms with van der Waals surface area (Å²) in [5.74, 6) is 1.81. The molecule has 0 saturated carbocycles. The zero-order valence-corrected chi connectivity index (χ0v) is 21.5. The van der Waals surface area contributed by atoms with Crippen LogP contribution in [0.3, 0.4) is 0 Å². The van der Waals surface area contributed by atoms with E-state index >= 15 is 0 Å². The van der Waals surface area contributed by atoms with E-state index in [-0.39, 0.29) is 0 Å². The number of ether oxygens (including phenoxy) is 1. The molecule has 0 atom stereocenters. The van der Waals surface area contributed by atoms with E-state index in [0.717, 1.165) is 75.8 Å². The average molecular weight is 509 g/mol. The highest BCUT2D eigenvalue weighted by Gasteiger charge is 2.19. The van der Waals surface area contributed by atoms with Crippen LogP contribution in [0.15, 0.2) is 48.9 Å². The van der Waals surface area contributed by atoms with Gasteiger partial charge in [0.2, 0.25) is 0 Å². The molecule has 2 fully saturated rings. The lowest BCUT2D eigenvalue weighted by atomic mass is 10.1. The van der Waals surface area contributed by atoms with Crippen molar-refractivity contribution in [1.82, 2.24) is 35.0 Å². The van der Waals surface area contributed by atoms with Gasteiger partial charge in [-0.25, -0.2) is 9.97 Å². The lowest BCUT2D eigenvalue weighted by Gasteiger charge is -2.28. The molecule has 0 radical (unpaired) electrons. The van der Waals surface area contributed by atoms with Crippen LogP contribution in [-0.4, -0.2) is 74.4 Å². The number of aromatic nitrogens is 6. The largest absolute Gasteiger partial charge is 0.491 e. The van der Waals surface area contributed by atoms with Gasteiger partial charge < -0.3 is 14.6 Å². The van der Waals surface area contributed by atoms with E-state index in [4.69, 9.17) is 14.7 Å². The maximum atomic E-state index is 6.03. The van der Waals surface area contributed by atoms with Crippen LogP contribution in [-0.2, 0) is 0 Å². The predicted molar refractivity (Wildman–Crippen MR) is 149 cm³/mol. The topological polar surface area (TPSA) is 98.8 Å². The number of rotatable bonds is 7. The van der Waals surface area contributed by atoms with Gasteiger partial charge in [-0.05, 0) is 75.5 Å². The van der Waals surface area contributed by atoms with E-state index in [0.29, 0.717) is 6.61 Å². The van der Waals surface area contributed by atoms with Gasteiger partial charge in [0.15, 0.2) is 0 Å². The van der Waals surface area contributed by atoms with Crippen LogP contribution in [0.2, 0.25) is 0 Å². The molecule has 0 bridgehead atoms. The van der Waals surface area contributed by atoms with Crippen LogP contribution in [0.5, 0.6) is 5.75 Å². The second-order valence-electron chi connectivity index (χ2n) is 10.3. The quantitative estimate of drug-likeness (QED) is 0.318. The summed E-state index contributed by atoms with van der Waals surface area (Å²) in [5, 5.41) is 8.91. The highest BCUT2D eigenvalue weighted by atomic mass is 16.5. The van der Waals surface area contributed by atoms with E-state index in [9.17, 15) is 0 Å². The summed E-state index contributed by atoms with van der Waals surface area (Å²) in [6, 6.07) is 10.2. The Kier molecular flexibility index (Phi) is 6.13. The van der Waals surface area contributed by atoms with Crippen LogP contribution in [0, 0.1) is 0 Å². The van der Waals surface area contributed by atoms with Crippen LogP contribution in [0.4, 0.5) is 5.82 Å². The molecule has 2 aliphatic heterocycles. The molecule has 5 aromatic heterocycles. The number of hydrogen-bond donors (Lipinski definition) is 2. The number of aromatic amines is 2. The maximum Gasteiger partial charge on any atom is 0.138 e. The minimum Gasteiger partial charge on any atom is -0.491 e. The first-order valence-corrected chi connectivity index (χ1v) is 13.7. The van der Waals surface area contributed by atoms with Crippen LogP contribution < -0.4 is 9.64 Å². The van der Waals surface area contributed by atoms with Gasteiger partial charge >= 0.3 is 0 Å². The molecule has 0 spiro atoms. The summed E-state index contributed by atoms with van der Waals surface area (Å²) in [6.07, 6.45) is 11.8. The molecule has 0 amide bonds. The minimum atomic E-state index is 0.665. The lowest BCUT2D eigenvalue weighted by molar-refractivity contribution is 0.237. The number of nitrogens with one attached hydrogen (secondary N) is 2. The van der Waals surface area contributed by atoms with Crippen molar-refractivity contribution < 1.29 is 4.74 Å². The molecule has 2 aliphatic rings. The summed E-state index contributed by atoms with van der Waals surface area (Å²) < 4.78 is 6.03. The summed E-state index contributed by atoms with van der Waals surface area (Å²) in [4.78, 5) is 22.6. The number of likely N-dealkylation sites (tertiary alicyclic amines) is 1. The van der Waals surface area contributed by atoms with Crippen LogP contribution in [0.1, 0.15) is 32.1 Å². The SMILES string of the molecule is c1cc2[nH]c(-c3n[nH]c4ccc(-c5cncc(OCCN6CCCC6)c5)nc34)cc2c(N2CCCCC2)n1. The van der Waals surface area contributed by atoms with Gasteiger partial charge in [-0.3, -0.25) is 15.0 Å². The van der Waals surface area contributed by atoms with E-state index in [1.165, 1.54) is 45.2 Å². The predicted octanol–water partition coefficient (Wildman–Crippen LogP) is 5.03. The molecule has 2 N–H and O–H groups in total. The molecule has 0 aliphatic carbocycles. The molecule has 0 unspecified atom stereocenters. The van der Waals surface area contributed by atoms with E-state index in [1.807, 2.05) is 36.7 Å². The van der Waals surface area contributed by atoms with Gasteiger partial charge in [-0.1, -0.05) is 0 Å². The molecule has 7 heterocycles. The highest BCUT2D eigenvalue weighted by molar-refractivity contribution is 5.98. The number of piperidine rings is 1. The van der Waals surface area contributed by atoms with E-state index in [2.05, 4.69) is 36.0 Å². The number of hydrogen-bond acceptors (Lipinski definition) is 7. The molecule has 38 heavy (non-hydrogen) atoms. The molecule has 7 rings (SSSR count). The van der Waals surface area contributed by atoms with Crippen LogP contribution >= 0.6 is 0 Å². The number of pyridine rings is 3. The van der Waals surface area contributed by atoms with Gasteiger partial charge in [-0.15, -0.1) is 0 Å². The molecule has 5 aromatic rings. The first-order valence-electron chi connectivity index (χ1n) is 13.7. The maximum absolute atomic E-state index is 6.03. The number of nitrogens with zero attached hydrogens (tertiary/aromatic N) is 6. The smallest absolute Gasteiger partial charge is 0.138 e. The molecule has 9 heteroatoms. The van der Waals surface area contributed by atoms with E-state index < -0.39 is 0 Å². The van der Waals surface area contributed by atoms with Crippen molar-refractivity contribution in [2.45, 2.75) is 32.1 Å².